The zero-order valence-corrected chi connectivity index (χ0v) is 12.7. The predicted octanol–water partition coefficient (Wildman–Crippen LogP) is 3.98. The lowest BCUT2D eigenvalue weighted by Crippen LogP contribution is -2.23. The SMILES string of the molecule is COC(=O)[C@H](c1ccccc1)[C@@H](OC)c1ccc(Cl)cc1. The lowest BCUT2D eigenvalue weighted by atomic mass is 9.89. The maximum Gasteiger partial charge on any atom is 0.316 e. The van der Waals surface area contributed by atoms with Crippen LogP contribution in [-0.4, -0.2) is 20.2 Å². The highest BCUT2D eigenvalue weighted by molar-refractivity contribution is 6.30. The smallest absolute Gasteiger partial charge is 0.316 e. The Hall–Kier alpha value is -1.84. The van der Waals surface area contributed by atoms with Crippen LogP contribution < -0.4 is 0 Å². The van der Waals surface area contributed by atoms with Crippen LogP contribution in [0.3, 0.4) is 0 Å². The number of carbonyl (C=O) groups excluding carboxylic acids is 1. The lowest BCUT2D eigenvalue weighted by molar-refractivity contribution is -0.146. The summed E-state index contributed by atoms with van der Waals surface area (Å²) >= 11 is 5.91. The zero-order valence-electron chi connectivity index (χ0n) is 12.0. The van der Waals surface area contributed by atoms with Crippen molar-refractivity contribution in [2.24, 2.45) is 0 Å². The van der Waals surface area contributed by atoms with E-state index in [0.29, 0.717) is 5.02 Å². The van der Waals surface area contributed by atoms with Gasteiger partial charge in [0.15, 0.2) is 0 Å². The molecule has 0 saturated heterocycles. The molecule has 0 radical (unpaired) electrons. The molecule has 0 saturated carbocycles. The molecule has 0 fully saturated rings. The number of carbonyl (C=O) groups is 1. The molecular formula is C17H17ClO3. The second kappa shape index (κ2) is 7.25. The monoisotopic (exact) mass is 304 g/mol. The molecule has 0 amide bonds. The Morgan fingerprint density at radius 1 is 0.952 bits per heavy atom. The number of hydrogen-bond acceptors (Lipinski definition) is 3. The minimum absolute atomic E-state index is 0.331. The molecule has 0 aliphatic rings. The summed E-state index contributed by atoms with van der Waals surface area (Å²) in [5.41, 5.74) is 1.73. The van der Waals surface area contributed by atoms with Gasteiger partial charge >= 0.3 is 5.97 Å². The average Bonchev–Trinajstić information content (AvgIpc) is 2.53. The summed E-state index contributed by atoms with van der Waals surface area (Å²) in [6.07, 6.45) is -0.433. The Morgan fingerprint density at radius 2 is 1.57 bits per heavy atom. The predicted molar refractivity (Wildman–Crippen MR) is 82.4 cm³/mol. The van der Waals surface area contributed by atoms with E-state index >= 15 is 0 Å². The molecule has 0 aromatic heterocycles. The summed E-state index contributed by atoms with van der Waals surface area (Å²) in [4.78, 5) is 12.2. The molecule has 2 rings (SSSR count). The third kappa shape index (κ3) is 3.63. The van der Waals surface area contributed by atoms with Gasteiger partial charge in [0.1, 0.15) is 5.92 Å². The van der Waals surface area contributed by atoms with Gasteiger partial charge in [-0.25, -0.2) is 0 Å². The van der Waals surface area contributed by atoms with E-state index in [-0.39, 0.29) is 5.97 Å². The summed E-state index contributed by atoms with van der Waals surface area (Å²) in [5, 5.41) is 0.642. The van der Waals surface area contributed by atoms with Crippen LogP contribution in [0.5, 0.6) is 0 Å². The molecule has 0 N–H and O–H groups in total. The van der Waals surface area contributed by atoms with Crippen LogP contribution in [0.4, 0.5) is 0 Å². The van der Waals surface area contributed by atoms with Gasteiger partial charge in [0.25, 0.3) is 0 Å². The largest absolute Gasteiger partial charge is 0.468 e. The van der Waals surface area contributed by atoms with Crippen molar-refractivity contribution in [2.75, 3.05) is 14.2 Å². The van der Waals surface area contributed by atoms with E-state index in [2.05, 4.69) is 0 Å². The van der Waals surface area contributed by atoms with Crippen LogP contribution >= 0.6 is 11.6 Å². The fourth-order valence-electron chi connectivity index (χ4n) is 2.34. The van der Waals surface area contributed by atoms with Crippen molar-refractivity contribution >= 4 is 17.6 Å². The van der Waals surface area contributed by atoms with E-state index in [1.54, 1.807) is 19.2 Å². The van der Waals surface area contributed by atoms with Crippen molar-refractivity contribution in [1.82, 2.24) is 0 Å². The number of hydrogen-bond donors (Lipinski definition) is 0. The van der Waals surface area contributed by atoms with Crippen LogP contribution in [0.2, 0.25) is 5.02 Å². The number of benzene rings is 2. The fraction of sp³-hybridized carbons (Fsp3) is 0.235. The third-order valence-corrected chi connectivity index (χ3v) is 3.62. The molecule has 0 aliphatic heterocycles. The lowest BCUT2D eigenvalue weighted by Gasteiger charge is -2.25. The highest BCUT2D eigenvalue weighted by Crippen LogP contribution is 2.35. The highest BCUT2D eigenvalue weighted by Gasteiger charge is 2.32. The first-order chi connectivity index (χ1) is 10.2. The molecule has 0 aliphatic carbocycles. The molecule has 3 nitrogen and oxygen atoms in total. The van der Waals surface area contributed by atoms with Crippen LogP contribution in [0.1, 0.15) is 23.1 Å². The van der Waals surface area contributed by atoms with Crippen LogP contribution in [0, 0.1) is 0 Å². The topological polar surface area (TPSA) is 35.5 Å². The quantitative estimate of drug-likeness (QED) is 0.784. The molecular weight excluding hydrogens is 288 g/mol. The summed E-state index contributed by atoms with van der Waals surface area (Å²) in [5.74, 6) is -0.856. The van der Waals surface area contributed by atoms with Crippen molar-refractivity contribution in [1.29, 1.82) is 0 Å². The number of methoxy groups -OCH3 is 2. The van der Waals surface area contributed by atoms with Crippen molar-refractivity contribution in [3.63, 3.8) is 0 Å². The minimum Gasteiger partial charge on any atom is -0.468 e. The van der Waals surface area contributed by atoms with Gasteiger partial charge in [-0.05, 0) is 23.3 Å². The Kier molecular flexibility index (Phi) is 5.37. The van der Waals surface area contributed by atoms with E-state index < -0.39 is 12.0 Å². The van der Waals surface area contributed by atoms with Crippen molar-refractivity contribution in [3.8, 4) is 0 Å². The van der Waals surface area contributed by atoms with Crippen molar-refractivity contribution in [2.45, 2.75) is 12.0 Å². The van der Waals surface area contributed by atoms with E-state index in [9.17, 15) is 4.79 Å². The maximum atomic E-state index is 12.2. The molecule has 2 aromatic rings. The van der Waals surface area contributed by atoms with Gasteiger partial charge in [-0.15, -0.1) is 0 Å². The van der Waals surface area contributed by atoms with E-state index in [0.717, 1.165) is 11.1 Å². The first-order valence-corrected chi connectivity index (χ1v) is 6.96. The van der Waals surface area contributed by atoms with Gasteiger partial charge in [-0.3, -0.25) is 4.79 Å². The Bertz CT molecular complexity index is 581. The van der Waals surface area contributed by atoms with E-state index in [4.69, 9.17) is 21.1 Å². The normalized spacial score (nSPS) is 13.5. The second-order valence-corrected chi connectivity index (χ2v) is 5.06. The Morgan fingerprint density at radius 3 is 2.10 bits per heavy atom. The molecule has 0 heterocycles. The van der Waals surface area contributed by atoms with Crippen molar-refractivity contribution < 1.29 is 14.3 Å². The standard InChI is InChI=1S/C17H17ClO3/c1-20-16(13-8-10-14(18)11-9-13)15(17(19)21-2)12-6-4-3-5-7-12/h3-11,15-16H,1-2H3/t15-,16+/m1/s1. The zero-order chi connectivity index (χ0) is 15.2. The van der Waals surface area contributed by atoms with Crippen LogP contribution in [-0.2, 0) is 14.3 Å². The Labute approximate surface area is 129 Å². The van der Waals surface area contributed by atoms with Crippen LogP contribution in [0.15, 0.2) is 54.6 Å². The number of halogens is 1. The number of esters is 1. The van der Waals surface area contributed by atoms with Gasteiger partial charge in [-0.2, -0.15) is 0 Å². The van der Waals surface area contributed by atoms with E-state index in [1.807, 2.05) is 42.5 Å². The summed E-state index contributed by atoms with van der Waals surface area (Å²) in [7, 11) is 2.96. The summed E-state index contributed by atoms with van der Waals surface area (Å²) in [6.45, 7) is 0. The van der Waals surface area contributed by atoms with Crippen molar-refractivity contribution in [3.05, 3.63) is 70.7 Å². The van der Waals surface area contributed by atoms with Crippen LogP contribution in [0.25, 0.3) is 0 Å². The van der Waals surface area contributed by atoms with Gasteiger partial charge in [0, 0.05) is 12.1 Å². The molecule has 2 aromatic carbocycles. The van der Waals surface area contributed by atoms with E-state index in [1.165, 1.54) is 7.11 Å². The molecule has 0 unspecified atom stereocenters. The maximum absolute atomic E-state index is 12.2. The highest BCUT2D eigenvalue weighted by atomic mass is 35.5. The van der Waals surface area contributed by atoms with Gasteiger partial charge in [-0.1, -0.05) is 54.1 Å². The second-order valence-electron chi connectivity index (χ2n) is 4.62. The molecule has 4 heteroatoms. The first-order valence-electron chi connectivity index (χ1n) is 6.58. The Balaban J connectivity index is 2.42. The molecule has 21 heavy (non-hydrogen) atoms. The number of rotatable bonds is 5. The molecule has 2 atom stereocenters. The third-order valence-electron chi connectivity index (χ3n) is 3.37. The first kappa shape index (κ1) is 15.5. The fourth-order valence-corrected chi connectivity index (χ4v) is 2.46. The number of ether oxygens (including phenoxy) is 2. The minimum atomic E-state index is -0.526. The molecule has 0 spiro atoms. The van der Waals surface area contributed by atoms with Gasteiger partial charge in [0.2, 0.25) is 0 Å². The molecule has 110 valence electrons. The van der Waals surface area contributed by atoms with Gasteiger partial charge in [0.05, 0.1) is 13.2 Å². The molecule has 0 bridgehead atoms. The van der Waals surface area contributed by atoms with Gasteiger partial charge < -0.3 is 9.47 Å². The summed E-state index contributed by atoms with van der Waals surface area (Å²) < 4.78 is 10.5. The summed E-state index contributed by atoms with van der Waals surface area (Å²) in [6, 6.07) is 16.7. The average molecular weight is 305 g/mol.